The SMILES string of the molecule is COC(=O)COc1ccc2c(c1)CC(=O)C2. The van der Waals surface area contributed by atoms with Gasteiger partial charge in [0.1, 0.15) is 11.5 Å². The molecule has 1 aliphatic rings. The molecule has 2 rings (SSSR count). The quantitative estimate of drug-likeness (QED) is 0.710. The van der Waals surface area contributed by atoms with Crippen molar-refractivity contribution in [2.24, 2.45) is 0 Å². The highest BCUT2D eigenvalue weighted by Gasteiger charge is 2.18. The number of carbonyl (C=O) groups is 2. The van der Waals surface area contributed by atoms with Crippen LogP contribution in [-0.4, -0.2) is 25.5 Å². The van der Waals surface area contributed by atoms with Crippen molar-refractivity contribution in [2.45, 2.75) is 12.8 Å². The molecule has 84 valence electrons. The Kier molecular flexibility index (Phi) is 2.90. The number of carbonyl (C=O) groups excluding carboxylic acids is 2. The summed E-state index contributed by atoms with van der Waals surface area (Å²) in [6, 6.07) is 5.44. The standard InChI is InChI=1S/C12H12O4/c1-15-12(14)7-16-11-3-2-8-4-10(13)5-9(8)6-11/h2-3,6H,4-5,7H2,1H3. The Morgan fingerprint density at radius 1 is 1.31 bits per heavy atom. The molecule has 16 heavy (non-hydrogen) atoms. The average Bonchev–Trinajstić information content (AvgIpc) is 2.65. The highest BCUT2D eigenvalue weighted by Crippen LogP contribution is 2.24. The predicted octanol–water partition coefficient (Wildman–Crippen LogP) is 0.906. The second kappa shape index (κ2) is 4.35. The number of ether oxygens (including phenoxy) is 2. The van der Waals surface area contributed by atoms with Crippen molar-refractivity contribution in [1.82, 2.24) is 0 Å². The minimum absolute atomic E-state index is 0.108. The van der Waals surface area contributed by atoms with Crippen LogP contribution in [0.5, 0.6) is 5.75 Å². The molecule has 0 fully saturated rings. The summed E-state index contributed by atoms with van der Waals surface area (Å²) >= 11 is 0. The molecule has 0 radical (unpaired) electrons. The Balaban J connectivity index is 2.05. The van der Waals surface area contributed by atoms with Crippen molar-refractivity contribution < 1.29 is 19.1 Å². The van der Waals surface area contributed by atoms with E-state index in [1.807, 2.05) is 12.1 Å². The summed E-state index contributed by atoms with van der Waals surface area (Å²) in [4.78, 5) is 22.1. The van der Waals surface area contributed by atoms with Crippen LogP contribution in [0.4, 0.5) is 0 Å². The first-order valence-electron chi connectivity index (χ1n) is 5.02. The van der Waals surface area contributed by atoms with E-state index in [-0.39, 0.29) is 12.4 Å². The van der Waals surface area contributed by atoms with E-state index in [0.717, 1.165) is 11.1 Å². The second-order valence-electron chi connectivity index (χ2n) is 3.69. The molecule has 0 bridgehead atoms. The number of hydrogen-bond acceptors (Lipinski definition) is 4. The zero-order valence-electron chi connectivity index (χ0n) is 8.99. The fourth-order valence-corrected chi connectivity index (χ4v) is 1.72. The van der Waals surface area contributed by atoms with Gasteiger partial charge < -0.3 is 9.47 Å². The molecule has 1 aliphatic carbocycles. The maximum absolute atomic E-state index is 11.2. The monoisotopic (exact) mass is 220 g/mol. The summed E-state index contributed by atoms with van der Waals surface area (Å²) in [6.45, 7) is -0.108. The third kappa shape index (κ3) is 2.21. The number of fused-ring (bicyclic) bond motifs is 1. The van der Waals surface area contributed by atoms with Crippen LogP contribution in [0.15, 0.2) is 18.2 Å². The average molecular weight is 220 g/mol. The van der Waals surface area contributed by atoms with Crippen molar-refractivity contribution in [2.75, 3.05) is 13.7 Å². The summed E-state index contributed by atoms with van der Waals surface area (Å²) in [5.41, 5.74) is 2.04. The number of Topliss-reactive ketones (excluding diaryl/α,β-unsaturated/α-hetero) is 1. The van der Waals surface area contributed by atoms with Crippen LogP contribution in [0.25, 0.3) is 0 Å². The Morgan fingerprint density at radius 3 is 2.81 bits per heavy atom. The van der Waals surface area contributed by atoms with E-state index in [2.05, 4.69) is 4.74 Å². The van der Waals surface area contributed by atoms with Gasteiger partial charge in [0.15, 0.2) is 6.61 Å². The lowest BCUT2D eigenvalue weighted by atomic mass is 10.1. The Morgan fingerprint density at radius 2 is 2.06 bits per heavy atom. The van der Waals surface area contributed by atoms with Crippen LogP contribution < -0.4 is 4.74 Å². The van der Waals surface area contributed by atoms with Gasteiger partial charge in [-0.2, -0.15) is 0 Å². The summed E-state index contributed by atoms with van der Waals surface area (Å²) in [5, 5.41) is 0. The van der Waals surface area contributed by atoms with Crippen molar-refractivity contribution >= 4 is 11.8 Å². The molecule has 0 N–H and O–H groups in total. The smallest absolute Gasteiger partial charge is 0.343 e. The Hall–Kier alpha value is -1.84. The minimum Gasteiger partial charge on any atom is -0.482 e. The molecule has 0 spiro atoms. The van der Waals surface area contributed by atoms with Gasteiger partial charge in [-0.25, -0.2) is 4.79 Å². The van der Waals surface area contributed by atoms with E-state index in [1.165, 1.54) is 7.11 Å². The molecule has 0 heterocycles. The van der Waals surface area contributed by atoms with Crippen molar-refractivity contribution in [3.8, 4) is 5.75 Å². The van der Waals surface area contributed by atoms with Crippen LogP contribution in [0.3, 0.4) is 0 Å². The largest absolute Gasteiger partial charge is 0.482 e. The van der Waals surface area contributed by atoms with E-state index >= 15 is 0 Å². The van der Waals surface area contributed by atoms with E-state index in [9.17, 15) is 9.59 Å². The van der Waals surface area contributed by atoms with Crippen LogP contribution in [0.2, 0.25) is 0 Å². The molecular formula is C12H12O4. The molecule has 0 atom stereocenters. The molecule has 4 heteroatoms. The molecule has 1 aromatic carbocycles. The van der Waals surface area contributed by atoms with Gasteiger partial charge in [-0.1, -0.05) is 6.07 Å². The van der Waals surface area contributed by atoms with E-state index < -0.39 is 5.97 Å². The lowest BCUT2D eigenvalue weighted by molar-refractivity contribution is -0.142. The number of ketones is 1. The first-order chi connectivity index (χ1) is 7.69. The lowest BCUT2D eigenvalue weighted by Gasteiger charge is -2.06. The van der Waals surface area contributed by atoms with Gasteiger partial charge in [-0.05, 0) is 23.3 Å². The van der Waals surface area contributed by atoms with Gasteiger partial charge in [-0.15, -0.1) is 0 Å². The fourth-order valence-electron chi connectivity index (χ4n) is 1.72. The van der Waals surface area contributed by atoms with Gasteiger partial charge in [-0.3, -0.25) is 4.79 Å². The van der Waals surface area contributed by atoms with Crippen molar-refractivity contribution in [3.63, 3.8) is 0 Å². The first-order valence-corrected chi connectivity index (χ1v) is 5.02. The molecule has 0 unspecified atom stereocenters. The maximum atomic E-state index is 11.2. The molecular weight excluding hydrogens is 208 g/mol. The van der Waals surface area contributed by atoms with Gasteiger partial charge in [0.25, 0.3) is 0 Å². The van der Waals surface area contributed by atoms with Crippen LogP contribution in [-0.2, 0) is 27.2 Å². The number of benzene rings is 1. The third-order valence-corrected chi connectivity index (χ3v) is 2.54. The highest BCUT2D eigenvalue weighted by molar-refractivity contribution is 5.88. The predicted molar refractivity (Wildman–Crippen MR) is 56.4 cm³/mol. The molecule has 0 saturated heterocycles. The number of rotatable bonds is 3. The molecule has 0 aliphatic heterocycles. The normalized spacial score (nSPS) is 13.4. The second-order valence-corrected chi connectivity index (χ2v) is 3.69. The molecule has 4 nitrogen and oxygen atoms in total. The van der Waals surface area contributed by atoms with Gasteiger partial charge in [0, 0.05) is 12.8 Å². The zero-order chi connectivity index (χ0) is 11.5. The number of esters is 1. The topological polar surface area (TPSA) is 52.6 Å². The lowest BCUT2D eigenvalue weighted by Crippen LogP contribution is -2.12. The molecule has 0 aromatic heterocycles. The summed E-state index contributed by atoms with van der Waals surface area (Å²) in [6.07, 6.45) is 0.970. The minimum atomic E-state index is -0.420. The van der Waals surface area contributed by atoms with E-state index in [4.69, 9.17) is 4.74 Å². The number of hydrogen-bond donors (Lipinski definition) is 0. The molecule has 0 saturated carbocycles. The van der Waals surface area contributed by atoms with Gasteiger partial charge in [0.2, 0.25) is 0 Å². The van der Waals surface area contributed by atoms with E-state index in [0.29, 0.717) is 18.6 Å². The van der Waals surface area contributed by atoms with Crippen molar-refractivity contribution in [3.05, 3.63) is 29.3 Å². The van der Waals surface area contributed by atoms with Crippen LogP contribution >= 0.6 is 0 Å². The third-order valence-electron chi connectivity index (χ3n) is 2.54. The number of methoxy groups -OCH3 is 1. The molecule has 0 amide bonds. The summed E-state index contributed by atoms with van der Waals surface area (Å²) < 4.78 is 9.70. The Bertz CT molecular complexity index is 437. The van der Waals surface area contributed by atoms with Crippen molar-refractivity contribution in [1.29, 1.82) is 0 Å². The summed E-state index contributed by atoms with van der Waals surface area (Å²) in [7, 11) is 1.31. The zero-order valence-corrected chi connectivity index (χ0v) is 8.99. The van der Waals surface area contributed by atoms with Gasteiger partial charge in [0.05, 0.1) is 7.11 Å². The van der Waals surface area contributed by atoms with Crippen LogP contribution in [0.1, 0.15) is 11.1 Å². The van der Waals surface area contributed by atoms with E-state index in [1.54, 1.807) is 6.07 Å². The van der Waals surface area contributed by atoms with Crippen LogP contribution in [0, 0.1) is 0 Å². The molecule has 1 aromatic rings. The highest BCUT2D eigenvalue weighted by atomic mass is 16.6. The Labute approximate surface area is 93.2 Å². The van der Waals surface area contributed by atoms with Gasteiger partial charge >= 0.3 is 5.97 Å². The fraction of sp³-hybridized carbons (Fsp3) is 0.333. The maximum Gasteiger partial charge on any atom is 0.343 e. The first kappa shape index (κ1) is 10.7. The summed E-state index contributed by atoms with van der Waals surface area (Å²) in [5.74, 6) is 0.399.